The first-order chi connectivity index (χ1) is 6.29. The molecule has 0 unspecified atom stereocenters. The topological polar surface area (TPSA) is 26.0 Å². The summed E-state index contributed by atoms with van der Waals surface area (Å²) in [6.07, 6.45) is 8.16. The van der Waals surface area contributed by atoms with Gasteiger partial charge in [-0.15, -0.1) is 0 Å². The van der Waals surface area contributed by atoms with Crippen molar-refractivity contribution < 1.29 is 0 Å². The molecule has 2 N–H and O–H groups in total. The third-order valence-corrected chi connectivity index (χ3v) is 3.66. The molecule has 1 aliphatic rings. The Morgan fingerprint density at radius 2 is 1.71 bits per heavy atom. The molecule has 0 aromatic rings. The van der Waals surface area contributed by atoms with E-state index >= 15 is 0 Å². The van der Waals surface area contributed by atoms with Gasteiger partial charge >= 0.3 is 0 Å². The van der Waals surface area contributed by atoms with Gasteiger partial charge in [0, 0.05) is 5.54 Å². The molecule has 0 aromatic carbocycles. The number of hydrogen-bond donors (Lipinski definition) is 1. The van der Waals surface area contributed by atoms with Crippen LogP contribution in [0.4, 0.5) is 0 Å². The van der Waals surface area contributed by atoms with E-state index in [4.69, 9.17) is 5.73 Å². The van der Waals surface area contributed by atoms with Crippen LogP contribution in [-0.4, -0.2) is 5.54 Å². The summed E-state index contributed by atoms with van der Waals surface area (Å²) < 4.78 is 0. The van der Waals surface area contributed by atoms with E-state index in [1.54, 1.807) is 0 Å². The summed E-state index contributed by atoms with van der Waals surface area (Å²) in [6, 6.07) is 0. The highest BCUT2D eigenvalue weighted by Gasteiger charge is 2.27. The molecule has 0 bridgehead atoms. The smallest absolute Gasteiger partial charge is 0.00971 e. The number of nitrogens with two attached hydrogens (primary N) is 1. The van der Waals surface area contributed by atoms with Crippen molar-refractivity contribution in [2.24, 2.45) is 17.1 Å². The molecule has 1 nitrogen and oxygen atoms in total. The van der Waals surface area contributed by atoms with Crippen LogP contribution in [0.25, 0.3) is 0 Å². The molecule has 0 heterocycles. The molecule has 0 spiro atoms. The largest absolute Gasteiger partial charge is 0.326 e. The predicted octanol–water partition coefficient (Wildman–Crippen LogP) is 3.72. The second-order valence-electron chi connectivity index (χ2n) is 6.63. The average Bonchev–Trinajstić information content (AvgIpc) is 2.01. The van der Waals surface area contributed by atoms with Gasteiger partial charge in [-0.3, -0.25) is 0 Å². The van der Waals surface area contributed by atoms with Gasteiger partial charge in [0.25, 0.3) is 0 Å². The van der Waals surface area contributed by atoms with Crippen LogP contribution in [0.5, 0.6) is 0 Å². The minimum Gasteiger partial charge on any atom is -0.326 e. The maximum Gasteiger partial charge on any atom is 0.00971 e. The molecular weight excluding hydrogens is 170 g/mol. The Kier molecular flexibility index (Phi) is 3.63. The summed E-state index contributed by atoms with van der Waals surface area (Å²) in [5, 5.41) is 0. The van der Waals surface area contributed by atoms with Crippen molar-refractivity contribution >= 4 is 0 Å². The van der Waals surface area contributed by atoms with Crippen molar-refractivity contribution in [3.05, 3.63) is 0 Å². The van der Waals surface area contributed by atoms with E-state index in [0.29, 0.717) is 5.41 Å². The van der Waals surface area contributed by atoms with E-state index in [1.807, 2.05) is 0 Å². The molecule has 0 atom stereocenters. The van der Waals surface area contributed by atoms with Crippen molar-refractivity contribution in [1.82, 2.24) is 0 Å². The molecular formula is C13H27N. The maximum atomic E-state index is 6.01. The Balaban J connectivity index is 2.23. The Morgan fingerprint density at radius 1 is 1.21 bits per heavy atom. The maximum absolute atomic E-state index is 6.01. The van der Waals surface area contributed by atoms with Gasteiger partial charge in [-0.05, 0) is 63.7 Å². The summed E-state index contributed by atoms with van der Waals surface area (Å²) >= 11 is 0. The molecule has 1 heteroatoms. The van der Waals surface area contributed by atoms with Crippen LogP contribution in [0.2, 0.25) is 0 Å². The molecule has 0 radical (unpaired) electrons. The van der Waals surface area contributed by atoms with Crippen LogP contribution in [0.1, 0.15) is 66.2 Å². The van der Waals surface area contributed by atoms with Gasteiger partial charge in [-0.1, -0.05) is 13.8 Å². The molecule has 1 aliphatic carbocycles. The second kappa shape index (κ2) is 4.22. The van der Waals surface area contributed by atoms with Crippen LogP contribution in [-0.2, 0) is 0 Å². The lowest BCUT2D eigenvalue weighted by atomic mass is 9.71. The Bertz CT molecular complexity index is 166. The first-order valence-electron chi connectivity index (χ1n) is 6.07. The van der Waals surface area contributed by atoms with E-state index in [2.05, 4.69) is 27.7 Å². The van der Waals surface area contributed by atoms with Crippen LogP contribution in [0.15, 0.2) is 0 Å². The van der Waals surface area contributed by atoms with Gasteiger partial charge in [0.1, 0.15) is 0 Å². The van der Waals surface area contributed by atoms with E-state index in [0.717, 1.165) is 5.92 Å². The highest BCUT2D eigenvalue weighted by atomic mass is 14.7. The Morgan fingerprint density at radius 3 is 2.14 bits per heavy atom. The molecule has 14 heavy (non-hydrogen) atoms. The fraction of sp³-hybridized carbons (Fsp3) is 1.00. The quantitative estimate of drug-likeness (QED) is 0.733. The normalized spacial score (nSPS) is 23.8. The highest BCUT2D eigenvalue weighted by molar-refractivity contribution is 4.81. The highest BCUT2D eigenvalue weighted by Crippen LogP contribution is 2.39. The van der Waals surface area contributed by atoms with Gasteiger partial charge in [-0.25, -0.2) is 0 Å². The fourth-order valence-corrected chi connectivity index (χ4v) is 2.32. The SMILES string of the molecule is CC(C)(N)CCC1CCC(C)(C)CC1. The van der Waals surface area contributed by atoms with E-state index in [1.165, 1.54) is 38.5 Å². The minimum absolute atomic E-state index is 0.0347. The third kappa shape index (κ3) is 4.45. The molecule has 1 fully saturated rings. The zero-order valence-corrected chi connectivity index (χ0v) is 10.4. The van der Waals surface area contributed by atoms with E-state index in [-0.39, 0.29) is 5.54 Å². The Labute approximate surface area is 89.5 Å². The van der Waals surface area contributed by atoms with Gasteiger partial charge < -0.3 is 5.73 Å². The lowest BCUT2D eigenvalue weighted by Crippen LogP contribution is -2.33. The summed E-state index contributed by atoms with van der Waals surface area (Å²) in [4.78, 5) is 0. The third-order valence-electron chi connectivity index (χ3n) is 3.66. The fourth-order valence-electron chi connectivity index (χ4n) is 2.32. The molecule has 1 saturated carbocycles. The standard InChI is InChI=1S/C13H27N/c1-12(2)8-5-11(6-9-12)7-10-13(3,4)14/h11H,5-10,14H2,1-4H3. The molecule has 0 amide bonds. The number of hydrogen-bond acceptors (Lipinski definition) is 1. The van der Waals surface area contributed by atoms with Crippen LogP contribution >= 0.6 is 0 Å². The lowest BCUT2D eigenvalue weighted by molar-refractivity contribution is 0.178. The summed E-state index contributed by atoms with van der Waals surface area (Å²) in [5.41, 5.74) is 6.65. The lowest BCUT2D eigenvalue weighted by Gasteiger charge is -2.35. The predicted molar refractivity (Wildman–Crippen MR) is 63.2 cm³/mol. The van der Waals surface area contributed by atoms with Crippen LogP contribution < -0.4 is 5.73 Å². The monoisotopic (exact) mass is 197 g/mol. The zero-order valence-electron chi connectivity index (χ0n) is 10.4. The van der Waals surface area contributed by atoms with Crippen molar-refractivity contribution in [2.45, 2.75) is 71.8 Å². The van der Waals surface area contributed by atoms with Gasteiger partial charge in [0.05, 0.1) is 0 Å². The van der Waals surface area contributed by atoms with Crippen LogP contribution in [0.3, 0.4) is 0 Å². The van der Waals surface area contributed by atoms with Crippen molar-refractivity contribution in [2.75, 3.05) is 0 Å². The van der Waals surface area contributed by atoms with Gasteiger partial charge in [-0.2, -0.15) is 0 Å². The number of rotatable bonds is 3. The molecule has 0 aromatic heterocycles. The zero-order chi connectivity index (χ0) is 10.8. The minimum atomic E-state index is 0.0347. The van der Waals surface area contributed by atoms with Gasteiger partial charge in [0.15, 0.2) is 0 Å². The summed E-state index contributed by atoms with van der Waals surface area (Å²) in [6.45, 7) is 9.08. The summed E-state index contributed by atoms with van der Waals surface area (Å²) in [7, 11) is 0. The van der Waals surface area contributed by atoms with Crippen molar-refractivity contribution in [1.29, 1.82) is 0 Å². The summed E-state index contributed by atoms with van der Waals surface area (Å²) in [5.74, 6) is 0.950. The second-order valence-corrected chi connectivity index (χ2v) is 6.63. The molecule has 1 rings (SSSR count). The first-order valence-corrected chi connectivity index (χ1v) is 6.07. The molecule has 84 valence electrons. The molecule has 0 aliphatic heterocycles. The average molecular weight is 197 g/mol. The van der Waals surface area contributed by atoms with Gasteiger partial charge in [0.2, 0.25) is 0 Å². The van der Waals surface area contributed by atoms with E-state index < -0.39 is 0 Å². The van der Waals surface area contributed by atoms with Crippen molar-refractivity contribution in [3.8, 4) is 0 Å². The van der Waals surface area contributed by atoms with E-state index in [9.17, 15) is 0 Å². The first kappa shape index (κ1) is 12.0. The Hall–Kier alpha value is -0.0400. The van der Waals surface area contributed by atoms with Crippen molar-refractivity contribution in [3.63, 3.8) is 0 Å². The van der Waals surface area contributed by atoms with Crippen LogP contribution in [0, 0.1) is 11.3 Å². The molecule has 0 saturated heterocycles.